The number of hydrogen-bond donors (Lipinski definition) is 2. The minimum Gasteiger partial charge on any atom is -0.494 e. The molecule has 1 heterocycles. The first-order valence-electron chi connectivity index (χ1n) is 13.8. The molecular weight excluding hydrogens is 592 g/mol. The maximum atomic E-state index is 12.0. The fraction of sp³-hybridized carbons (Fsp3) is 0.323. The Morgan fingerprint density at radius 3 is 1.89 bits per heavy atom. The number of hydroxylamine groups is 3. The predicted molar refractivity (Wildman–Crippen MR) is 158 cm³/mol. The van der Waals surface area contributed by atoms with E-state index in [1.165, 1.54) is 11.3 Å². The van der Waals surface area contributed by atoms with Crippen molar-refractivity contribution in [1.82, 2.24) is 10.5 Å². The minimum atomic E-state index is -1.46. The molecule has 3 aromatic rings. The molecule has 12 nitrogen and oxygen atoms in total. The van der Waals surface area contributed by atoms with Crippen LogP contribution in [-0.2, 0) is 39.2 Å². The van der Waals surface area contributed by atoms with Crippen molar-refractivity contribution < 1.29 is 48.2 Å². The lowest BCUT2D eigenvalue weighted by Gasteiger charge is -2.29. The van der Waals surface area contributed by atoms with Gasteiger partial charge in [0.05, 0.1) is 26.1 Å². The zero-order chi connectivity index (χ0) is 32.0. The average Bonchev–Trinajstić information content (AvgIpc) is 3.58. The number of benzene rings is 2. The van der Waals surface area contributed by atoms with Gasteiger partial charge in [-0.1, -0.05) is 37.3 Å². The number of hydrogen-bond acceptors (Lipinski definition) is 11. The molecular formula is C31H34N2O10S. The summed E-state index contributed by atoms with van der Waals surface area (Å²) < 4.78 is 11.4. The fourth-order valence-corrected chi connectivity index (χ4v) is 4.92. The molecule has 1 aromatic heterocycles. The molecule has 2 N–H and O–H groups in total. The molecule has 0 saturated carbocycles. The Bertz CT molecular complexity index is 1390. The molecule has 0 spiro atoms. The van der Waals surface area contributed by atoms with Gasteiger partial charge in [-0.15, -0.1) is 16.4 Å². The van der Waals surface area contributed by atoms with E-state index in [4.69, 9.17) is 14.3 Å². The molecule has 0 radical (unpaired) electrons. The molecule has 1 atom stereocenters. The van der Waals surface area contributed by atoms with Gasteiger partial charge in [0, 0.05) is 18.2 Å². The lowest BCUT2D eigenvalue weighted by Crippen LogP contribution is -2.36. The highest BCUT2D eigenvalue weighted by atomic mass is 32.1. The van der Waals surface area contributed by atoms with E-state index >= 15 is 0 Å². The van der Waals surface area contributed by atoms with Crippen molar-refractivity contribution in [2.45, 2.75) is 51.6 Å². The molecule has 3 amide bonds. The van der Waals surface area contributed by atoms with Crippen LogP contribution < -0.4 is 15.0 Å². The molecule has 0 bridgehead atoms. The number of ether oxygens (including phenoxy) is 2. The summed E-state index contributed by atoms with van der Waals surface area (Å²) in [6.45, 7) is 3.14. The monoisotopic (exact) mass is 626 g/mol. The summed E-state index contributed by atoms with van der Waals surface area (Å²) in [5.74, 6) is -1.48. The van der Waals surface area contributed by atoms with Crippen LogP contribution in [0.1, 0.15) is 62.0 Å². The summed E-state index contributed by atoms with van der Waals surface area (Å²) >= 11 is 1.41. The second-order valence-corrected chi connectivity index (χ2v) is 10.3. The number of nitrogens with one attached hydrogen (secondary N) is 1. The van der Waals surface area contributed by atoms with Gasteiger partial charge in [0.2, 0.25) is 6.41 Å². The maximum absolute atomic E-state index is 12.0. The van der Waals surface area contributed by atoms with E-state index in [2.05, 4.69) is 4.84 Å². The van der Waals surface area contributed by atoms with E-state index in [0.717, 1.165) is 6.92 Å². The smallest absolute Gasteiger partial charge is 0.333 e. The molecule has 0 aliphatic heterocycles. The molecule has 234 valence electrons. The van der Waals surface area contributed by atoms with Crippen LogP contribution in [0.3, 0.4) is 0 Å². The van der Waals surface area contributed by atoms with Gasteiger partial charge < -0.3 is 24.3 Å². The fourth-order valence-electron chi connectivity index (χ4n) is 4.06. The first-order chi connectivity index (χ1) is 21.2. The number of thiophene rings is 1. The minimum absolute atomic E-state index is 0.0257. The van der Waals surface area contributed by atoms with E-state index in [-0.39, 0.29) is 38.9 Å². The molecule has 44 heavy (non-hydrogen) atoms. The van der Waals surface area contributed by atoms with Crippen LogP contribution in [0.4, 0.5) is 0 Å². The lowest BCUT2D eigenvalue weighted by atomic mass is 9.85. The van der Waals surface area contributed by atoms with Crippen LogP contribution in [0.25, 0.3) is 0 Å². The molecule has 3 rings (SSSR count). The summed E-state index contributed by atoms with van der Waals surface area (Å²) in [6, 6.07) is 17.7. The van der Waals surface area contributed by atoms with Gasteiger partial charge in [-0.2, -0.15) is 5.48 Å². The molecule has 2 aromatic carbocycles. The Balaban J connectivity index is 1.58. The number of rotatable bonds is 16. The number of nitrogens with zero attached hydrogens (tertiary/aromatic N) is 1. The van der Waals surface area contributed by atoms with Gasteiger partial charge >= 0.3 is 11.9 Å². The van der Waals surface area contributed by atoms with Crippen LogP contribution in [0.15, 0.2) is 66.0 Å². The Kier molecular flexibility index (Phi) is 12.9. The third kappa shape index (κ3) is 9.38. The summed E-state index contributed by atoms with van der Waals surface area (Å²) in [7, 11) is 0. The molecule has 0 aliphatic rings. The van der Waals surface area contributed by atoms with Gasteiger partial charge in [-0.05, 0) is 59.7 Å². The Morgan fingerprint density at radius 1 is 0.886 bits per heavy atom. The number of carbonyl (C=O) groups excluding carboxylic acids is 5. The summed E-state index contributed by atoms with van der Waals surface area (Å²) in [5.41, 5.74) is 1.62. The van der Waals surface area contributed by atoms with Gasteiger partial charge in [0.1, 0.15) is 17.1 Å². The molecule has 0 fully saturated rings. The zero-order valence-corrected chi connectivity index (χ0v) is 25.2. The van der Waals surface area contributed by atoms with Crippen molar-refractivity contribution in [3.8, 4) is 11.5 Å². The highest BCUT2D eigenvalue weighted by molar-refractivity contribution is 7.10. The van der Waals surface area contributed by atoms with Crippen LogP contribution in [-0.4, -0.2) is 53.5 Å². The van der Waals surface area contributed by atoms with Crippen molar-refractivity contribution in [2.75, 3.05) is 13.2 Å². The first-order valence-corrected chi connectivity index (χ1v) is 14.7. The first kappa shape index (κ1) is 33.7. The Hall–Kier alpha value is -4.75. The highest BCUT2D eigenvalue weighted by Crippen LogP contribution is 2.40. The van der Waals surface area contributed by atoms with Crippen LogP contribution >= 0.6 is 11.3 Å². The SMILES string of the molecule is CCC(=O)N(OC(=O)CCCOc1ccc(C(O)(c2ccc(OCCCC(=O)ONC=O)cc2)c2cccs2)cc1)C(C)=O. The van der Waals surface area contributed by atoms with E-state index in [1.807, 2.05) is 23.0 Å². The standard InChI is InChI=1S/C31H34N2O10S/c1-3-28(36)33(22(2)35)43-30(38)9-5-19-41-26-16-12-24(13-17-26)31(39,27-7-6-20-44-27)23-10-14-25(15-11-23)40-18-4-8-29(37)42-32-21-34/h6-7,10-17,20-21,39H,3-5,8-9,18-19H2,1-2H3,(H,32,34). The zero-order valence-electron chi connectivity index (χ0n) is 24.4. The number of aliphatic hydroxyl groups is 1. The lowest BCUT2D eigenvalue weighted by molar-refractivity contribution is -0.201. The third-order valence-corrected chi connectivity index (χ3v) is 7.22. The van der Waals surface area contributed by atoms with Crippen molar-refractivity contribution >= 4 is 41.5 Å². The summed E-state index contributed by atoms with van der Waals surface area (Å²) in [4.78, 5) is 66.9. The van der Waals surface area contributed by atoms with Crippen molar-refractivity contribution in [1.29, 1.82) is 0 Å². The number of imide groups is 1. The quantitative estimate of drug-likeness (QED) is 0.136. The van der Waals surface area contributed by atoms with Gasteiger partial charge in [-0.3, -0.25) is 14.4 Å². The second-order valence-electron chi connectivity index (χ2n) is 9.37. The van der Waals surface area contributed by atoms with Crippen molar-refractivity contribution in [3.63, 3.8) is 0 Å². The maximum Gasteiger partial charge on any atom is 0.333 e. The summed E-state index contributed by atoms with van der Waals surface area (Å²) in [6.07, 6.45) is 0.996. The number of amides is 3. The molecule has 0 aliphatic carbocycles. The molecule has 0 saturated heterocycles. The van der Waals surface area contributed by atoms with Crippen LogP contribution in [0.5, 0.6) is 11.5 Å². The highest BCUT2D eigenvalue weighted by Gasteiger charge is 2.35. The van der Waals surface area contributed by atoms with Gasteiger partial charge in [-0.25, -0.2) is 9.59 Å². The molecule has 13 heteroatoms. The van der Waals surface area contributed by atoms with Crippen molar-refractivity contribution in [2.24, 2.45) is 0 Å². The Morgan fingerprint density at radius 2 is 1.43 bits per heavy atom. The van der Waals surface area contributed by atoms with E-state index in [1.54, 1.807) is 55.5 Å². The van der Waals surface area contributed by atoms with E-state index < -0.39 is 29.4 Å². The predicted octanol–water partition coefficient (Wildman–Crippen LogP) is 3.80. The van der Waals surface area contributed by atoms with Crippen molar-refractivity contribution in [3.05, 3.63) is 82.0 Å². The van der Waals surface area contributed by atoms with Gasteiger partial charge in [0.15, 0.2) is 0 Å². The van der Waals surface area contributed by atoms with Gasteiger partial charge in [0.25, 0.3) is 11.8 Å². The number of carbonyl (C=O) groups is 5. The van der Waals surface area contributed by atoms with E-state index in [9.17, 15) is 29.1 Å². The summed E-state index contributed by atoms with van der Waals surface area (Å²) in [5, 5.41) is 14.4. The normalized spacial score (nSPS) is 11.9. The van der Waals surface area contributed by atoms with Crippen LogP contribution in [0.2, 0.25) is 0 Å². The molecule has 1 unspecified atom stereocenters. The second kappa shape index (κ2) is 16.8. The largest absolute Gasteiger partial charge is 0.494 e. The van der Waals surface area contributed by atoms with Crippen LogP contribution in [0, 0.1) is 0 Å². The third-order valence-electron chi connectivity index (χ3n) is 6.24. The topological polar surface area (TPSA) is 158 Å². The van der Waals surface area contributed by atoms with E-state index in [0.29, 0.717) is 45.4 Å². The average molecular weight is 627 g/mol. The Labute approximate surface area is 258 Å².